The molecule has 1 atom stereocenters. The fourth-order valence-electron chi connectivity index (χ4n) is 3.57. The van der Waals surface area contributed by atoms with Gasteiger partial charge in [0.1, 0.15) is 5.62 Å². The second kappa shape index (κ2) is 7.18. The molecule has 1 amide bonds. The van der Waals surface area contributed by atoms with Crippen molar-refractivity contribution < 1.29 is 9.90 Å². The highest BCUT2D eigenvalue weighted by Gasteiger charge is 2.45. The lowest BCUT2D eigenvalue weighted by atomic mass is 9.87. The molecule has 29 heavy (non-hydrogen) atoms. The Morgan fingerprint density at radius 3 is 2.59 bits per heavy atom. The van der Waals surface area contributed by atoms with Crippen LogP contribution in [0.4, 0.5) is 5.69 Å². The highest BCUT2D eigenvalue weighted by Crippen LogP contribution is 2.34. The summed E-state index contributed by atoms with van der Waals surface area (Å²) >= 11 is 0. The Kier molecular flexibility index (Phi) is 4.68. The van der Waals surface area contributed by atoms with Gasteiger partial charge < -0.3 is 15.7 Å². The molecule has 2 heterocycles. The summed E-state index contributed by atoms with van der Waals surface area (Å²) in [6, 6.07) is 16.6. The highest BCUT2D eigenvalue weighted by molar-refractivity contribution is 6.19. The Hall–Kier alpha value is -3.45. The van der Waals surface area contributed by atoms with Gasteiger partial charge in [-0.2, -0.15) is 0 Å². The van der Waals surface area contributed by atoms with E-state index in [9.17, 15) is 9.90 Å². The molecule has 6 nitrogen and oxygen atoms in total. The summed E-state index contributed by atoms with van der Waals surface area (Å²) < 4.78 is 0. The average Bonchev–Trinajstić information content (AvgIpc) is 2.91. The van der Waals surface area contributed by atoms with Gasteiger partial charge in [-0.05, 0) is 34.9 Å². The van der Waals surface area contributed by atoms with E-state index < -0.39 is 5.62 Å². The van der Waals surface area contributed by atoms with Crippen LogP contribution in [0.25, 0.3) is 11.1 Å². The number of aliphatic imine (C=N–C) groups is 1. The van der Waals surface area contributed by atoms with E-state index in [1.165, 1.54) is 11.1 Å². The minimum Gasteiger partial charge on any atom is -0.398 e. The van der Waals surface area contributed by atoms with E-state index in [2.05, 4.69) is 9.98 Å². The molecule has 2 radical (unpaired) electrons. The van der Waals surface area contributed by atoms with Crippen molar-refractivity contribution in [3.63, 3.8) is 0 Å². The molecule has 0 aliphatic carbocycles. The van der Waals surface area contributed by atoms with Crippen LogP contribution in [0.3, 0.4) is 0 Å². The van der Waals surface area contributed by atoms with Crippen molar-refractivity contribution in [2.24, 2.45) is 4.99 Å². The van der Waals surface area contributed by atoms with Gasteiger partial charge in [0.2, 0.25) is 0 Å². The molecule has 0 bridgehead atoms. The number of aromatic nitrogens is 1. The van der Waals surface area contributed by atoms with Crippen molar-refractivity contribution in [3.05, 3.63) is 83.2 Å². The van der Waals surface area contributed by atoms with Gasteiger partial charge in [-0.3, -0.25) is 14.8 Å². The molecule has 1 unspecified atom stereocenters. The van der Waals surface area contributed by atoms with Crippen LogP contribution in [0.2, 0.25) is 0 Å². The average molecular weight is 382 g/mol. The Labute approximate surface area is 170 Å². The second-order valence-corrected chi connectivity index (χ2v) is 6.91. The van der Waals surface area contributed by atoms with Crippen LogP contribution in [0.5, 0.6) is 0 Å². The summed E-state index contributed by atoms with van der Waals surface area (Å²) in [4.78, 5) is 22.1. The summed E-state index contributed by atoms with van der Waals surface area (Å²) in [5.74, 6) is -0.348. The molecule has 0 spiro atoms. The number of anilines is 1. The number of nitrogens with two attached hydrogens (primary N) is 1. The molecule has 2 aromatic carbocycles. The quantitative estimate of drug-likeness (QED) is 0.412. The molecule has 0 fully saturated rings. The minimum atomic E-state index is -1.94. The number of rotatable bonds is 4. The number of nitrogens with zero attached hydrogens (tertiary/aromatic N) is 3. The second-order valence-electron chi connectivity index (χ2n) is 6.91. The van der Waals surface area contributed by atoms with E-state index in [0.29, 0.717) is 11.3 Å². The molecule has 1 aliphatic heterocycles. The minimum absolute atomic E-state index is 0.155. The van der Waals surface area contributed by atoms with Crippen LogP contribution in [-0.4, -0.2) is 42.0 Å². The smallest absolute Gasteiger partial charge is 0.258 e. The molecule has 7 heteroatoms. The van der Waals surface area contributed by atoms with E-state index in [0.717, 1.165) is 22.3 Å². The summed E-state index contributed by atoms with van der Waals surface area (Å²) in [6.45, 7) is 0.155. The van der Waals surface area contributed by atoms with Gasteiger partial charge in [0, 0.05) is 37.3 Å². The van der Waals surface area contributed by atoms with Gasteiger partial charge in [0.05, 0.1) is 11.3 Å². The Morgan fingerprint density at radius 1 is 1.17 bits per heavy atom. The van der Waals surface area contributed by atoms with Crippen LogP contribution < -0.4 is 5.73 Å². The summed E-state index contributed by atoms with van der Waals surface area (Å²) in [7, 11) is 7.73. The number of hydrogen-bond acceptors (Lipinski definition) is 5. The van der Waals surface area contributed by atoms with Crippen LogP contribution in [0, 0.1) is 0 Å². The molecule has 142 valence electrons. The molecule has 3 aromatic rings. The van der Waals surface area contributed by atoms with Gasteiger partial charge in [0.25, 0.3) is 5.91 Å². The van der Waals surface area contributed by atoms with E-state index >= 15 is 0 Å². The SMILES string of the molecule is [B]C1(O)c2ncccc2C(=O)N1Cc1ccc(-c2cccc(N)c2C=NC)cc1. The van der Waals surface area contributed by atoms with Crippen molar-refractivity contribution in [2.75, 3.05) is 12.8 Å². The van der Waals surface area contributed by atoms with Crippen LogP contribution >= 0.6 is 0 Å². The number of benzene rings is 2. The zero-order chi connectivity index (χ0) is 20.6. The fraction of sp³-hybridized carbons (Fsp3) is 0.136. The summed E-state index contributed by atoms with van der Waals surface area (Å²) in [6.07, 6.45) is 3.24. The number of fused-ring (bicyclic) bond motifs is 1. The summed E-state index contributed by atoms with van der Waals surface area (Å²) in [5, 5.41) is 10.7. The van der Waals surface area contributed by atoms with Gasteiger partial charge in [-0.15, -0.1) is 0 Å². The monoisotopic (exact) mass is 382 g/mol. The van der Waals surface area contributed by atoms with Gasteiger partial charge in [0.15, 0.2) is 7.85 Å². The molecular weight excluding hydrogens is 363 g/mol. The topological polar surface area (TPSA) is 91.8 Å². The highest BCUT2D eigenvalue weighted by atomic mass is 16.3. The Morgan fingerprint density at radius 2 is 1.90 bits per heavy atom. The van der Waals surface area contributed by atoms with Crippen molar-refractivity contribution >= 4 is 25.7 Å². The van der Waals surface area contributed by atoms with Crippen molar-refractivity contribution in [1.82, 2.24) is 9.88 Å². The predicted molar refractivity (Wildman–Crippen MR) is 114 cm³/mol. The maximum Gasteiger partial charge on any atom is 0.258 e. The maximum absolute atomic E-state index is 12.7. The lowest BCUT2D eigenvalue weighted by molar-refractivity contribution is -0.0223. The Balaban J connectivity index is 1.62. The number of hydrogen-bond donors (Lipinski definition) is 2. The zero-order valence-electron chi connectivity index (χ0n) is 15.9. The van der Waals surface area contributed by atoms with E-state index in [-0.39, 0.29) is 18.1 Å². The number of amides is 1. The largest absolute Gasteiger partial charge is 0.398 e. The lowest BCUT2D eigenvalue weighted by Crippen LogP contribution is -2.44. The Bertz CT molecular complexity index is 1110. The molecule has 4 rings (SSSR count). The molecule has 0 saturated carbocycles. The van der Waals surface area contributed by atoms with Crippen molar-refractivity contribution in [2.45, 2.75) is 12.2 Å². The third-order valence-electron chi connectivity index (χ3n) is 5.05. The number of pyridine rings is 1. The first-order chi connectivity index (χ1) is 13.9. The molecule has 1 aliphatic rings. The van der Waals surface area contributed by atoms with E-state index in [1.54, 1.807) is 25.4 Å². The lowest BCUT2D eigenvalue weighted by Gasteiger charge is -2.31. The maximum atomic E-state index is 12.7. The molecule has 1 aromatic heterocycles. The molecular formula is C22H19BN4O2. The van der Waals surface area contributed by atoms with Crippen LogP contribution in [-0.2, 0) is 12.2 Å². The number of carbonyl (C=O) groups excluding carboxylic acids is 1. The first kappa shape index (κ1) is 18.9. The van der Waals surface area contributed by atoms with E-state index in [1.807, 2.05) is 42.5 Å². The van der Waals surface area contributed by atoms with Crippen LogP contribution in [0.15, 0.2) is 65.8 Å². The third kappa shape index (κ3) is 3.19. The normalized spacial score (nSPS) is 18.4. The number of aliphatic hydroxyl groups is 1. The number of nitrogen functional groups attached to an aromatic ring is 1. The molecule has 3 N–H and O–H groups in total. The first-order valence-corrected chi connectivity index (χ1v) is 9.12. The summed E-state index contributed by atoms with van der Waals surface area (Å²) in [5.41, 5.74) is 8.90. The van der Waals surface area contributed by atoms with Crippen molar-refractivity contribution in [1.29, 1.82) is 0 Å². The van der Waals surface area contributed by atoms with E-state index in [4.69, 9.17) is 13.6 Å². The van der Waals surface area contributed by atoms with Crippen LogP contribution in [0.1, 0.15) is 27.2 Å². The van der Waals surface area contributed by atoms with Gasteiger partial charge in [-0.1, -0.05) is 36.4 Å². The van der Waals surface area contributed by atoms with Crippen molar-refractivity contribution in [3.8, 4) is 11.1 Å². The fourth-order valence-corrected chi connectivity index (χ4v) is 3.57. The van der Waals surface area contributed by atoms with Gasteiger partial charge >= 0.3 is 0 Å². The molecule has 0 saturated heterocycles. The standard InChI is InChI=1S/C22H19BN4O2/c1-25-12-18-16(4-2-6-19(18)24)15-9-7-14(8-10-15)13-27-21(28)17-5-3-11-26-20(17)22(27,23)29/h2-12,29H,13,24H2,1H3. The zero-order valence-corrected chi connectivity index (χ0v) is 15.9. The number of carbonyl (C=O) groups is 1. The first-order valence-electron chi connectivity index (χ1n) is 9.12. The predicted octanol–water partition coefficient (Wildman–Crippen LogP) is 2.31. The third-order valence-corrected chi connectivity index (χ3v) is 5.05. The van der Waals surface area contributed by atoms with Gasteiger partial charge in [-0.25, -0.2) is 0 Å².